The van der Waals surface area contributed by atoms with Crippen molar-refractivity contribution in [3.05, 3.63) is 81.7 Å². The number of aromatic nitrogens is 4. The van der Waals surface area contributed by atoms with E-state index in [-0.39, 0.29) is 35.8 Å². The average molecular weight is 497 g/mol. The van der Waals surface area contributed by atoms with E-state index in [2.05, 4.69) is 31.8 Å². The quantitative estimate of drug-likeness (QED) is 0.336. The highest BCUT2D eigenvalue weighted by atomic mass is 19.3. The van der Waals surface area contributed by atoms with Gasteiger partial charge in [0.2, 0.25) is 0 Å². The Bertz CT molecular complexity index is 1420. The molecule has 4 rings (SSSR count). The van der Waals surface area contributed by atoms with Gasteiger partial charge in [-0.1, -0.05) is 36.4 Å². The maximum atomic E-state index is 12.9. The van der Waals surface area contributed by atoms with Crippen molar-refractivity contribution >= 4 is 16.9 Å². The SMILES string of the molecule is COc1cc(Cc2nc3c(nc(CCCc4ccccc4)n3CC(C)=O)c(=O)[nH]2)ccc1OC(F)F. The fourth-order valence-electron chi connectivity index (χ4n) is 4.07. The van der Waals surface area contributed by atoms with Crippen LogP contribution < -0.4 is 15.0 Å². The lowest BCUT2D eigenvalue weighted by atomic mass is 10.1. The van der Waals surface area contributed by atoms with Crippen molar-refractivity contribution in [3.63, 3.8) is 0 Å². The first-order chi connectivity index (χ1) is 17.3. The number of ketones is 1. The topological polar surface area (TPSA) is 99.1 Å². The Morgan fingerprint density at radius 3 is 2.53 bits per heavy atom. The first-order valence-electron chi connectivity index (χ1n) is 11.5. The first-order valence-corrected chi connectivity index (χ1v) is 11.5. The molecule has 0 unspecified atom stereocenters. The van der Waals surface area contributed by atoms with Gasteiger partial charge in [0.05, 0.1) is 13.7 Å². The third-order valence-electron chi connectivity index (χ3n) is 5.64. The molecule has 36 heavy (non-hydrogen) atoms. The normalized spacial score (nSPS) is 11.2. The second-order valence-electron chi connectivity index (χ2n) is 8.38. The Hall–Kier alpha value is -4.08. The molecule has 0 spiro atoms. The molecule has 10 heteroatoms. The number of imidazole rings is 1. The minimum Gasteiger partial charge on any atom is -0.493 e. The Kier molecular flexibility index (Phi) is 7.72. The van der Waals surface area contributed by atoms with E-state index in [1.54, 1.807) is 16.7 Å². The van der Waals surface area contributed by atoms with Crippen LogP contribution in [-0.2, 0) is 30.6 Å². The summed E-state index contributed by atoms with van der Waals surface area (Å²) in [5.74, 6) is 0.937. The maximum absolute atomic E-state index is 12.9. The maximum Gasteiger partial charge on any atom is 0.387 e. The molecule has 0 saturated carbocycles. The van der Waals surface area contributed by atoms with Gasteiger partial charge in [0.1, 0.15) is 17.4 Å². The van der Waals surface area contributed by atoms with Crippen molar-refractivity contribution in [1.82, 2.24) is 19.5 Å². The highest BCUT2D eigenvalue weighted by Crippen LogP contribution is 2.30. The second kappa shape index (κ2) is 11.1. The molecule has 1 N–H and O–H groups in total. The Labute approximate surface area is 205 Å². The molecule has 0 fully saturated rings. The fraction of sp³-hybridized carbons (Fsp3) is 0.308. The molecule has 0 saturated heterocycles. The van der Waals surface area contributed by atoms with E-state index in [1.165, 1.54) is 25.7 Å². The van der Waals surface area contributed by atoms with E-state index in [0.717, 1.165) is 12.8 Å². The number of H-pyrrole nitrogens is 1. The van der Waals surface area contributed by atoms with Crippen LogP contribution in [0.2, 0.25) is 0 Å². The number of halogens is 2. The van der Waals surface area contributed by atoms with Crippen molar-refractivity contribution in [3.8, 4) is 11.5 Å². The number of hydrogen-bond donors (Lipinski definition) is 1. The minimum atomic E-state index is -2.98. The summed E-state index contributed by atoms with van der Waals surface area (Å²) < 4.78 is 36.5. The van der Waals surface area contributed by atoms with E-state index in [9.17, 15) is 18.4 Å². The third-order valence-corrected chi connectivity index (χ3v) is 5.64. The Morgan fingerprint density at radius 1 is 1.06 bits per heavy atom. The van der Waals surface area contributed by atoms with E-state index in [4.69, 9.17) is 4.74 Å². The summed E-state index contributed by atoms with van der Waals surface area (Å²) in [6.07, 6.45) is 2.41. The van der Waals surface area contributed by atoms with Crippen LogP contribution in [0.25, 0.3) is 11.2 Å². The number of carbonyl (C=O) groups is 1. The number of hydrogen-bond acceptors (Lipinski definition) is 6. The van der Waals surface area contributed by atoms with Crippen molar-refractivity contribution < 1.29 is 23.0 Å². The van der Waals surface area contributed by atoms with Crippen LogP contribution in [-0.4, -0.2) is 39.0 Å². The van der Waals surface area contributed by atoms with Crippen molar-refractivity contribution in [2.24, 2.45) is 0 Å². The zero-order valence-corrected chi connectivity index (χ0v) is 20.0. The minimum absolute atomic E-state index is 0.0561. The van der Waals surface area contributed by atoms with Crippen molar-refractivity contribution in [1.29, 1.82) is 0 Å². The predicted octanol–water partition coefficient (Wildman–Crippen LogP) is 4.08. The molecule has 4 aromatic rings. The zero-order chi connectivity index (χ0) is 25.7. The number of benzene rings is 2. The summed E-state index contributed by atoms with van der Waals surface area (Å²) in [6, 6.07) is 14.6. The Morgan fingerprint density at radius 2 is 1.83 bits per heavy atom. The average Bonchev–Trinajstić information content (AvgIpc) is 3.17. The molecule has 0 bridgehead atoms. The molecule has 0 amide bonds. The summed E-state index contributed by atoms with van der Waals surface area (Å²) in [5.41, 5.74) is 1.96. The van der Waals surface area contributed by atoms with E-state index in [1.807, 2.05) is 18.2 Å². The number of aryl methyl sites for hydroxylation is 2. The van der Waals surface area contributed by atoms with Gasteiger partial charge in [0.25, 0.3) is 5.56 Å². The number of nitrogens with zero attached hydrogens (tertiary/aromatic N) is 3. The molecule has 0 aliphatic rings. The van der Waals surface area contributed by atoms with Gasteiger partial charge in [-0.15, -0.1) is 0 Å². The molecular weight excluding hydrogens is 470 g/mol. The van der Waals surface area contributed by atoms with Gasteiger partial charge < -0.3 is 19.0 Å². The number of nitrogens with one attached hydrogen (secondary N) is 1. The molecule has 0 aliphatic carbocycles. The fourth-order valence-corrected chi connectivity index (χ4v) is 4.07. The monoisotopic (exact) mass is 496 g/mol. The molecule has 2 heterocycles. The van der Waals surface area contributed by atoms with Crippen molar-refractivity contribution in [2.45, 2.75) is 45.8 Å². The molecule has 2 aromatic carbocycles. The van der Waals surface area contributed by atoms with Crippen LogP contribution in [0.3, 0.4) is 0 Å². The number of ether oxygens (including phenoxy) is 2. The molecule has 2 aromatic heterocycles. The standard InChI is InChI=1S/C26H26F2N4O4/c1-16(33)15-32-22(10-6-9-17-7-4-3-5-8-17)31-23-24(32)29-21(30-25(23)34)14-18-11-12-19(36-26(27)28)20(13-18)35-2/h3-5,7-8,11-13,26H,6,9-10,14-15H2,1-2H3,(H,29,30,34). The van der Waals surface area contributed by atoms with Gasteiger partial charge in [-0.3, -0.25) is 9.59 Å². The summed E-state index contributed by atoms with van der Waals surface area (Å²) in [5, 5.41) is 0. The lowest BCUT2D eigenvalue weighted by molar-refractivity contribution is -0.117. The highest BCUT2D eigenvalue weighted by Gasteiger charge is 2.18. The van der Waals surface area contributed by atoms with Crippen molar-refractivity contribution in [2.75, 3.05) is 7.11 Å². The number of carbonyl (C=O) groups excluding carboxylic acids is 1. The lowest BCUT2D eigenvalue weighted by Gasteiger charge is -2.11. The molecule has 0 aliphatic heterocycles. The summed E-state index contributed by atoms with van der Waals surface area (Å²) >= 11 is 0. The van der Waals surface area contributed by atoms with Gasteiger partial charge >= 0.3 is 6.61 Å². The zero-order valence-electron chi connectivity index (χ0n) is 20.0. The van der Waals surface area contributed by atoms with Crippen LogP contribution in [0.4, 0.5) is 8.78 Å². The number of rotatable bonds is 11. The molecule has 0 radical (unpaired) electrons. The van der Waals surface area contributed by atoms with Crippen LogP contribution in [0.1, 0.15) is 36.1 Å². The number of Topliss-reactive ketones (excluding diaryl/α,β-unsaturated/α-hetero) is 1. The number of aromatic amines is 1. The first kappa shape index (κ1) is 25.0. The van der Waals surface area contributed by atoms with Gasteiger partial charge in [0, 0.05) is 12.8 Å². The van der Waals surface area contributed by atoms with Gasteiger partial charge in [-0.25, -0.2) is 9.97 Å². The third kappa shape index (κ3) is 5.94. The molecule has 188 valence electrons. The molecular formula is C26H26F2N4O4. The van der Waals surface area contributed by atoms with Crippen LogP contribution >= 0.6 is 0 Å². The van der Waals surface area contributed by atoms with Crippen LogP contribution in [0, 0.1) is 0 Å². The van der Waals surface area contributed by atoms with Gasteiger partial charge in [-0.05, 0) is 43.0 Å². The summed E-state index contributed by atoms with van der Waals surface area (Å²) in [6.45, 7) is -1.45. The summed E-state index contributed by atoms with van der Waals surface area (Å²) in [7, 11) is 1.35. The molecule has 8 nitrogen and oxygen atoms in total. The Balaban J connectivity index is 1.62. The van der Waals surface area contributed by atoms with E-state index < -0.39 is 12.2 Å². The summed E-state index contributed by atoms with van der Waals surface area (Å²) in [4.78, 5) is 36.7. The van der Waals surface area contributed by atoms with Gasteiger partial charge in [-0.2, -0.15) is 8.78 Å². The number of fused-ring (bicyclic) bond motifs is 1. The highest BCUT2D eigenvalue weighted by molar-refractivity contribution is 5.78. The number of alkyl halides is 2. The molecule has 0 atom stereocenters. The van der Waals surface area contributed by atoms with Crippen LogP contribution in [0.15, 0.2) is 53.3 Å². The van der Waals surface area contributed by atoms with E-state index in [0.29, 0.717) is 29.3 Å². The second-order valence-corrected chi connectivity index (χ2v) is 8.38. The smallest absolute Gasteiger partial charge is 0.387 e. The van der Waals surface area contributed by atoms with Gasteiger partial charge in [0.15, 0.2) is 22.7 Å². The largest absolute Gasteiger partial charge is 0.493 e. The predicted molar refractivity (Wildman–Crippen MR) is 130 cm³/mol. The lowest BCUT2D eigenvalue weighted by Crippen LogP contribution is -2.15. The number of methoxy groups -OCH3 is 1. The van der Waals surface area contributed by atoms with Crippen LogP contribution in [0.5, 0.6) is 11.5 Å². The van der Waals surface area contributed by atoms with E-state index >= 15 is 0 Å².